The number of anilines is 3. The third-order valence-corrected chi connectivity index (χ3v) is 4.98. The Balaban J connectivity index is 1.34. The second-order valence-corrected chi connectivity index (χ2v) is 6.75. The molecule has 0 bridgehead atoms. The van der Waals surface area contributed by atoms with E-state index in [1.807, 2.05) is 36.5 Å². The smallest absolute Gasteiger partial charge is 0.224 e. The molecule has 0 radical (unpaired) electrons. The molecule has 1 aliphatic rings. The summed E-state index contributed by atoms with van der Waals surface area (Å²) < 4.78 is 5.20. The predicted molar refractivity (Wildman–Crippen MR) is 113 cm³/mol. The molecule has 4 rings (SSSR count). The molecule has 0 atom stereocenters. The molecule has 28 heavy (non-hydrogen) atoms. The second kappa shape index (κ2) is 8.61. The van der Waals surface area contributed by atoms with E-state index in [-0.39, 0.29) is 0 Å². The lowest BCUT2D eigenvalue weighted by molar-refractivity contribution is 0.414. The van der Waals surface area contributed by atoms with Crippen LogP contribution in [0.3, 0.4) is 0 Å². The first kappa shape index (κ1) is 18.1. The van der Waals surface area contributed by atoms with Gasteiger partial charge in [-0.2, -0.15) is 4.98 Å². The molecule has 2 aromatic carbocycles. The van der Waals surface area contributed by atoms with E-state index >= 15 is 0 Å². The molecule has 1 saturated heterocycles. The van der Waals surface area contributed by atoms with E-state index in [9.17, 15) is 0 Å². The minimum Gasteiger partial charge on any atom is -0.497 e. The van der Waals surface area contributed by atoms with Crippen LogP contribution in [0.5, 0.6) is 5.75 Å². The highest BCUT2D eigenvalue weighted by Crippen LogP contribution is 2.19. The summed E-state index contributed by atoms with van der Waals surface area (Å²) in [6.07, 6.45) is 1.82. The maximum absolute atomic E-state index is 5.20. The highest BCUT2D eigenvalue weighted by Gasteiger charge is 2.18. The Morgan fingerprint density at radius 2 is 1.61 bits per heavy atom. The fourth-order valence-corrected chi connectivity index (χ4v) is 3.37. The number of benzene rings is 2. The van der Waals surface area contributed by atoms with Gasteiger partial charge in [-0.25, -0.2) is 4.98 Å². The van der Waals surface area contributed by atoms with Crippen molar-refractivity contribution < 1.29 is 4.74 Å². The molecule has 0 unspecified atom stereocenters. The summed E-state index contributed by atoms with van der Waals surface area (Å²) in [4.78, 5) is 13.8. The van der Waals surface area contributed by atoms with Gasteiger partial charge in [-0.3, -0.25) is 0 Å². The predicted octanol–water partition coefficient (Wildman–Crippen LogP) is 3.42. The lowest BCUT2D eigenvalue weighted by Crippen LogP contribution is -2.46. The Kier molecular flexibility index (Phi) is 5.56. The second-order valence-electron chi connectivity index (χ2n) is 6.75. The molecule has 0 aliphatic carbocycles. The zero-order valence-electron chi connectivity index (χ0n) is 16.1. The van der Waals surface area contributed by atoms with Crippen LogP contribution in [0.2, 0.25) is 0 Å². The standard InChI is InChI=1S/C22H25N5O/c1-28-20-9-7-18(8-10-20)17-24-22-23-12-11-21(25-22)27-15-13-26(14-16-27)19-5-3-2-4-6-19/h2-12H,13-17H2,1H3,(H,23,24,25). The van der Waals surface area contributed by atoms with Crippen LogP contribution in [0.1, 0.15) is 5.56 Å². The fourth-order valence-electron chi connectivity index (χ4n) is 3.37. The summed E-state index contributed by atoms with van der Waals surface area (Å²) in [7, 11) is 1.67. The lowest BCUT2D eigenvalue weighted by Gasteiger charge is -2.36. The average molecular weight is 375 g/mol. The normalized spacial score (nSPS) is 14.0. The highest BCUT2D eigenvalue weighted by molar-refractivity contribution is 5.50. The molecule has 6 nitrogen and oxygen atoms in total. The van der Waals surface area contributed by atoms with Crippen LogP contribution in [-0.2, 0) is 6.54 Å². The molecular formula is C22H25N5O. The first-order valence-corrected chi connectivity index (χ1v) is 9.56. The summed E-state index contributed by atoms with van der Waals surface area (Å²) in [6.45, 7) is 4.55. The average Bonchev–Trinajstić information content (AvgIpc) is 2.79. The van der Waals surface area contributed by atoms with Gasteiger partial charge in [0.25, 0.3) is 0 Å². The van der Waals surface area contributed by atoms with E-state index in [4.69, 9.17) is 9.72 Å². The van der Waals surface area contributed by atoms with E-state index in [0.717, 1.165) is 43.3 Å². The fraction of sp³-hybridized carbons (Fsp3) is 0.273. The minimum absolute atomic E-state index is 0.652. The molecule has 3 aromatic rings. The molecular weight excluding hydrogens is 350 g/mol. The number of methoxy groups -OCH3 is 1. The van der Waals surface area contributed by atoms with Crippen LogP contribution in [-0.4, -0.2) is 43.3 Å². The third-order valence-electron chi connectivity index (χ3n) is 4.98. The first-order valence-electron chi connectivity index (χ1n) is 9.56. The van der Waals surface area contributed by atoms with Crippen molar-refractivity contribution in [2.75, 3.05) is 48.4 Å². The summed E-state index contributed by atoms with van der Waals surface area (Å²) in [5, 5.41) is 3.31. The molecule has 0 amide bonds. The number of para-hydroxylation sites is 1. The Hall–Kier alpha value is -3.28. The first-order chi connectivity index (χ1) is 13.8. The number of nitrogens with zero attached hydrogens (tertiary/aromatic N) is 4. The van der Waals surface area contributed by atoms with Crippen LogP contribution in [0.15, 0.2) is 66.9 Å². The summed E-state index contributed by atoms with van der Waals surface area (Å²) >= 11 is 0. The molecule has 6 heteroatoms. The van der Waals surface area contributed by atoms with Gasteiger partial charge in [0, 0.05) is 44.6 Å². The highest BCUT2D eigenvalue weighted by atomic mass is 16.5. The third kappa shape index (κ3) is 4.34. The van der Waals surface area contributed by atoms with Crippen molar-refractivity contribution in [3.8, 4) is 5.75 Å². The summed E-state index contributed by atoms with van der Waals surface area (Å²) in [6, 6.07) is 20.6. The van der Waals surface area contributed by atoms with Crippen molar-refractivity contribution in [3.63, 3.8) is 0 Å². The largest absolute Gasteiger partial charge is 0.497 e. The van der Waals surface area contributed by atoms with E-state index < -0.39 is 0 Å². The number of nitrogens with one attached hydrogen (secondary N) is 1. The quantitative estimate of drug-likeness (QED) is 0.712. The van der Waals surface area contributed by atoms with Crippen molar-refractivity contribution in [2.24, 2.45) is 0 Å². The Morgan fingerprint density at radius 1 is 0.893 bits per heavy atom. The van der Waals surface area contributed by atoms with Crippen LogP contribution in [0, 0.1) is 0 Å². The molecule has 1 fully saturated rings. The molecule has 1 aromatic heterocycles. The zero-order valence-corrected chi connectivity index (χ0v) is 16.1. The number of ether oxygens (including phenoxy) is 1. The number of piperazine rings is 1. The topological polar surface area (TPSA) is 53.5 Å². The van der Waals surface area contributed by atoms with E-state index in [1.165, 1.54) is 5.69 Å². The van der Waals surface area contributed by atoms with Gasteiger partial charge in [-0.05, 0) is 35.9 Å². The van der Waals surface area contributed by atoms with Gasteiger partial charge in [0.15, 0.2) is 0 Å². The maximum Gasteiger partial charge on any atom is 0.224 e. The summed E-state index contributed by atoms with van der Waals surface area (Å²) in [5.41, 5.74) is 2.44. The van der Waals surface area contributed by atoms with Gasteiger partial charge in [0.2, 0.25) is 5.95 Å². The van der Waals surface area contributed by atoms with Gasteiger partial charge in [0.05, 0.1) is 7.11 Å². The number of aromatic nitrogens is 2. The van der Waals surface area contributed by atoms with Gasteiger partial charge in [-0.1, -0.05) is 30.3 Å². The van der Waals surface area contributed by atoms with E-state index in [2.05, 4.69) is 50.4 Å². The van der Waals surface area contributed by atoms with Crippen molar-refractivity contribution in [1.82, 2.24) is 9.97 Å². The van der Waals surface area contributed by atoms with Gasteiger partial charge >= 0.3 is 0 Å². The van der Waals surface area contributed by atoms with Crippen LogP contribution < -0.4 is 19.9 Å². The molecule has 1 N–H and O–H groups in total. The number of rotatable bonds is 6. The number of hydrogen-bond acceptors (Lipinski definition) is 6. The molecule has 1 aliphatic heterocycles. The lowest BCUT2D eigenvalue weighted by atomic mass is 10.2. The van der Waals surface area contributed by atoms with Crippen LogP contribution in [0.25, 0.3) is 0 Å². The van der Waals surface area contributed by atoms with Crippen molar-refractivity contribution in [3.05, 3.63) is 72.4 Å². The van der Waals surface area contributed by atoms with Gasteiger partial charge in [-0.15, -0.1) is 0 Å². The SMILES string of the molecule is COc1ccc(CNc2nccc(N3CCN(c4ccccc4)CC3)n2)cc1. The summed E-state index contributed by atoms with van der Waals surface area (Å²) in [5.74, 6) is 2.48. The van der Waals surface area contributed by atoms with Gasteiger partial charge in [0.1, 0.15) is 11.6 Å². The Bertz CT molecular complexity index is 877. The van der Waals surface area contributed by atoms with Crippen LogP contribution >= 0.6 is 0 Å². The zero-order chi connectivity index (χ0) is 19.2. The van der Waals surface area contributed by atoms with E-state index in [1.54, 1.807) is 7.11 Å². The Labute approximate surface area is 165 Å². The molecule has 2 heterocycles. The van der Waals surface area contributed by atoms with Crippen molar-refractivity contribution in [1.29, 1.82) is 0 Å². The molecule has 0 saturated carbocycles. The molecule has 0 spiro atoms. The van der Waals surface area contributed by atoms with Crippen molar-refractivity contribution >= 4 is 17.5 Å². The van der Waals surface area contributed by atoms with E-state index in [0.29, 0.717) is 12.5 Å². The maximum atomic E-state index is 5.20. The van der Waals surface area contributed by atoms with Gasteiger partial charge < -0.3 is 19.9 Å². The van der Waals surface area contributed by atoms with Crippen molar-refractivity contribution in [2.45, 2.75) is 6.54 Å². The monoisotopic (exact) mass is 375 g/mol. The Morgan fingerprint density at radius 3 is 2.32 bits per heavy atom. The molecule has 144 valence electrons. The van der Waals surface area contributed by atoms with Crippen LogP contribution in [0.4, 0.5) is 17.5 Å². The minimum atomic E-state index is 0.652. The number of hydrogen-bond donors (Lipinski definition) is 1.